The zero-order valence-electron chi connectivity index (χ0n) is 14.0. The molecule has 0 saturated heterocycles. The van der Waals surface area contributed by atoms with Crippen LogP contribution < -0.4 is 5.32 Å². The molecule has 0 bridgehead atoms. The Hall–Kier alpha value is -1.84. The highest BCUT2D eigenvalue weighted by molar-refractivity contribution is 5.79. The van der Waals surface area contributed by atoms with E-state index in [1.165, 1.54) is 5.56 Å². The van der Waals surface area contributed by atoms with Gasteiger partial charge in [-0.2, -0.15) is 0 Å². The van der Waals surface area contributed by atoms with Gasteiger partial charge in [0.1, 0.15) is 0 Å². The van der Waals surface area contributed by atoms with Crippen molar-refractivity contribution < 1.29 is 14.7 Å². The zero-order valence-corrected chi connectivity index (χ0v) is 14.0. The fourth-order valence-corrected chi connectivity index (χ4v) is 2.35. The number of hydrogen-bond donors (Lipinski definition) is 2. The molecule has 4 nitrogen and oxygen atoms in total. The Labute approximate surface area is 132 Å². The van der Waals surface area contributed by atoms with Gasteiger partial charge in [0.15, 0.2) is 0 Å². The Morgan fingerprint density at radius 1 is 1.14 bits per heavy atom. The van der Waals surface area contributed by atoms with Crippen molar-refractivity contribution in [3.63, 3.8) is 0 Å². The third kappa shape index (κ3) is 7.25. The van der Waals surface area contributed by atoms with Gasteiger partial charge < -0.3 is 10.4 Å². The van der Waals surface area contributed by atoms with Gasteiger partial charge in [0, 0.05) is 12.0 Å². The van der Waals surface area contributed by atoms with Gasteiger partial charge in [-0.25, -0.2) is 0 Å². The van der Waals surface area contributed by atoms with Crippen LogP contribution in [0.4, 0.5) is 0 Å². The summed E-state index contributed by atoms with van der Waals surface area (Å²) in [5.41, 5.74) is 1.74. The lowest BCUT2D eigenvalue weighted by Gasteiger charge is -2.25. The van der Waals surface area contributed by atoms with Crippen LogP contribution in [0.1, 0.15) is 51.7 Å². The molecule has 122 valence electrons. The fraction of sp³-hybridized carbons (Fsp3) is 0.556. The molecule has 1 rings (SSSR count). The number of carboxylic acids is 1. The minimum absolute atomic E-state index is 0.0528. The van der Waals surface area contributed by atoms with Crippen molar-refractivity contribution in [1.82, 2.24) is 5.32 Å². The van der Waals surface area contributed by atoms with E-state index in [0.29, 0.717) is 18.8 Å². The van der Waals surface area contributed by atoms with Gasteiger partial charge in [0.25, 0.3) is 0 Å². The molecule has 0 heterocycles. The van der Waals surface area contributed by atoms with Crippen molar-refractivity contribution in [2.24, 2.45) is 5.92 Å². The minimum atomic E-state index is -0.844. The standard InChI is InChI=1S/C18H27NO3/c1-13(2)11-14-5-7-15(8-6-14)12-16(20)19-18(3,4)10-9-17(21)22/h5-8,13H,9-12H2,1-4H3,(H,19,20)(H,21,22). The minimum Gasteiger partial charge on any atom is -0.481 e. The second kappa shape index (κ2) is 7.97. The van der Waals surface area contributed by atoms with Crippen LogP contribution in [-0.2, 0) is 22.4 Å². The molecule has 0 radical (unpaired) electrons. The lowest BCUT2D eigenvalue weighted by Crippen LogP contribution is -2.44. The Morgan fingerprint density at radius 2 is 1.68 bits per heavy atom. The molecule has 4 heteroatoms. The highest BCUT2D eigenvalue weighted by Gasteiger charge is 2.21. The van der Waals surface area contributed by atoms with Crippen molar-refractivity contribution >= 4 is 11.9 Å². The highest BCUT2D eigenvalue weighted by Crippen LogP contribution is 2.13. The lowest BCUT2D eigenvalue weighted by atomic mass is 9.97. The third-order valence-electron chi connectivity index (χ3n) is 3.47. The quantitative estimate of drug-likeness (QED) is 0.775. The van der Waals surface area contributed by atoms with E-state index in [4.69, 9.17) is 5.11 Å². The average molecular weight is 305 g/mol. The summed E-state index contributed by atoms with van der Waals surface area (Å²) in [5.74, 6) is -0.306. The maximum absolute atomic E-state index is 12.1. The van der Waals surface area contributed by atoms with Gasteiger partial charge in [-0.1, -0.05) is 38.1 Å². The second-order valence-electron chi connectivity index (χ2n) is 6.92. The van der Waals surface area contributed by atoms with E-state index >= 15 is 0 Å². The molecule has 0 aliphatic rings. The largest absolute Gasteiger partial charge is 0.481 e. The molecule has 0 aromatic heterocycles. The van der Waals surface area contributed by atoms with Gasteiger partial charge in [-0.05, 0) is 43.7 Å². The van der Waals surface area contributed by atoms with E-state index < -0.39 is 11.5 Å². The monoisotopic (exact) mass is 305 g/mol. The summed E-state index contributed by atoms with van der Waals surface area (Å²) in [6.07, 6.45) is 1.83. The first-order valence-corrected chi connectivity index (χ1v) is 7.78. The number of nitrogens with one attached hydrogen (secondary N) is 1. The van der Waals surface area contributed by atoms with E-state index in [1.807, 2.05) is 26.0 Å². The van der Waals surface area contributed by atoms with Crippen molar-refractivity contribution in [2.45, 2.75) is 58.9 Å². The predicted octanol–water partition coefficient (Wildman–Crippen LogP) is 3.19. The summed E-state index contributed by atoms with van der Waals surface area (Å²) in [7, 11) is 0. The summed E-state index contributed by atoms with van der Waals surface area (Å²) in [6.45, 7) is 8.06. The number of benzene rings is 1. The smallest absolute Gasteiger partial charge is 0.303 e. The second-order valence-corrected chi connectivity index (χ2v) is 6.92. The lowest BCUT2D eigenvalue weighted by molar-refractivity contribution is -0.137. The van der Waals surface area contributed by atoms with E-state index in [2.05, 4.69) is 31.3 Å². The van der Waals surface area contributed by atoms with Crippen molar-refractivity contribution in [3.8, 4) is 0 Å². The fourth-order valence-electron chi connectivity index (χ4n) is 2.35. The molecule has 1 amide bonds. The number of carbonyl (C=O) groups excluding carboxylic acids is 1. The van der Waals surface area contributed by atoms with Crippen LogP contribution in [0.2, 0.25) is 0 Å². The van der Waals surface area contributed by atoms with Crippen LogP contribution in [0.5, 0.6) is 0 Å². The van der Waals surface area contributed by atoms with Crippen LogP contribution in [0.3, 0.4) is 0 Å². The van der Waals surface area contributed by atoms with Crippen LogP contribution in [0.15, 0.2) is 24.3 Å². The molecular weight excluding hydrogens is 278 g/mol. The van der Waals surface area contributed by atoms with Crippen molar-refractivity contribution in [3.05, 3.63) is 35.4 Å². The van der Waals surface area contributed by atoms with Gasteiger partial charge in [-0.15, -0.1) is 0 Å². The van der Waals surface area contributed by atoms with E-state index in [0.717, 1.165) is 12.0 Å². The molecule has 0 saturated carbocycles. The Balaban J connectivity index is 2.52. The molecule has 1 aromatic rings. The normalized spacial score (nSPS) is 11.5. The highest BCUT2D eigenvalue weighted by atomic mass is 16.4. The number of carboxylic acid groups (broad SMARTS) is 1. The first-order valence-electron chi connectivity index (χ1n) is 7.78. The van der Waals surface area contributed by atoms with E-state index in [-0.39, 0.29) is 12.3 Å². The maximum atomic E-state index is 12.1. The third-order valence-corrected chi connectivity index (χ3v) is 3.47. The molecule has 0 spiro atoms. The zero-order chi connectivity index (χ0) is 16.8. The Kier molecular flexibility index (Phi) is 6.60. The molecule has 0 atom stereocenters. The van der Waals surface area contributed by atoms with Crippen LogP contribution in [0, 0.1) is 5.92 Å². The van der Waals surface area contributed by atoms with E-state index in [9.17, 15) is 9.59 Å². The topological polar surface area (TPSA) is 66.4 Å². The number of amides is 1. The molecule has 0 unspecified atom stereocenters. The predicted molar refractivity (Wildman–Crippen MR) is 87.8 cm³/mol. The number of hydrogen-bond acceptors (Lipinski definition) is 2. The van der Waals surface area contributed by atoms with Crippen molar-refractivity contribution in [2.75, 3.05) is 0 Å². The molecule has 2 N–H and O–H groups in total. The molecular formula is C18H27NO3. The summed E-state index contributed by atoms with van der Waals surface area (Å²) in [4.78, 5) is 22.7. The van der Waals surface area contributed by atoms with Gasteiger partial charge in [0.2, 0.25) is 5.91 Å². The number of carbonyl (C=O) groups is 2. The summed E-state index contributed by atoms with van der Waals surface area (Å²) < 4.78 is 0. The van der Waals surface area contributed by atoms with Crippen LogP contribution in [0.25, 0.3) is 0 Å². The maximum Gasteiger partial charge on any atom is 0.303 e. The van der Waals surface area contributed by atoms with Gasteiger partial charge in [-0.3, -0.25) is 9.59 Å². The summed E-state index contributed by atoms with van der Waals surface area (Å²) in [5, 5.41) is 11.6. The molecule has 22 heavy (non-hydrogen) atoms. The van der Waals surface area contributed by atoms with Gasteiger partial charge in [0.05, 0.1) is 6.42 Å². The molecule has 0 fully saturated rings. The molecule has 0 aliphatic carbocycles. The number of aliphatic carboxylic acids is 1. The van der Waals surface area contributed by atoms with E-state index in [1.54, 1.807) is 0 Å². The average Bonchev–Trinajstić information content (AvgIpc) is 2.37. The summed E-state index contributed by atoms with van der Waals surface area (Å²) >= 11 is 0. The number of rotatable bonds is 8. The molecule has 1 aromatic carbocycles. The first kappa shape index (κ1) is 18.2. The Bertz CT molecular complexity index is 504. The van der Waals surface area contributed by atoms with Gasteiger partial charge >= 0.3 is 5.97 Å². The van der Waals surface area contributed by atoms with Crippen LogP contribution in [-0.4, -0.2) is 22.5 Å². The SMILES string of the molecule is CC(C)Cc1ccc(CC(=O)NC(C)(C)CCC(=O)O)cc1. The van der Waals surface area contributed by atoms with Crippen molar-refractivity contribution in [1.29, 1.82) is 0 Å². The van der Waals surface area contributed by atoms with Crippen LogP contribution >= 0.6 is 0 Å². The summed E-state index contributed by atoms with van der Waals surface area (Å²) in [6, 6.07) is 8.11. The Morgan fingerprint density at radius 3 is 2.18 bits per heavy atom. The first-order chi connectivity index (χ1) is 10.2. The molecule has 0 aliphatic heterocycles.